The number of non-ortho nitro benzene ring substituents is 1. The van der Waals surface area contributed by atoms with Crippen molar-refractivity contribution in [3.63, 3.8) is 0 Å². The first-order valence-electron chi connectivity index (χ1n) is 9.23. The fourth-order valence-corrected chi connectivity index (χ4v) is 3.43. The highest BCUT2D eigenvalue weighted by Gasteiger charge is 2.33. The molecule has 0 aliphatic heterocycles. The first-order chi connectivity index (χ1) is 13.4. The van der Waals surface area contributed by atoms with E-state index in [0.29, 0.717) is 13.0 Å². The predicted octanol–water partition coefficient (Wildman–Crippen LogP) is 4.69. The summed E-state index contributed by atoms with van der Waals surface area (Å²) < 4.78 is 11.8. The van der Waals surface area contributed by atoms with Crippen molar-refractivity contribution in [2.75, 3.05) is 0 Å². The van der Waals surface area contributed by atoms with Gasteiger partial charge in [-0.1, -0.05) is 43.3 Å². The number of nitro groups is 1. The maximum atomic E-state index is 12.6. The van der Waals surface area contributed by atoms with Crippen molar-refractivity contribution in [3.05, 3.63) is 87.5 Å². The second-order valence-electron chi connectivity index (χ2n) is 7.09. The molecule has 2 aromatic carbocycles. The summed E-state index contributed by atoms with van der Waals surface area (Å²) in [6.07, 6.45) is 2.08. The predicted molar refractivity (Wildman–Crippen MR) is 105 cm³/mol. The van der Waals surface area contributed by atoms with E-state index in [-0.39, 0.29) is 23.3 Å². The van der Waals surface area contributed by atoms with Crippen molar-refractivity contribution in [2.24, 2.45) is 5.92 Å². The molecule has 3 rings (SSSR count). The van der Waals surface area contributed by atoms with Crippen molar-refractivity contribution in [1.29, 1.82) is 0 Å². The summed E-state index contributed by atoms with van der Waals surface area (Å²) in [6.45, 7) is 4.48. The number of hydrogen-bond donors (Lipinski definition) is 0. The number of benzene rings is 2. The van der Waals surface area contributed by atoms with Crippen LogP contribution >= 0.6 is 0 Å². The molecule has 1 aliphatic carbocycles. The van der Waals surface area contributed by atoms with Crippen molar-refractivity contribution < 1.29 is 19.2 Å². The SMILES string of the molecule is CC1=C[C@H](C)C[C@H](OC(=O)c2ccc([N+](=O)[O-])cc2)[C@H]1OCc1ccccc1. The van der Waals surface area contributed by atoms with Gasteiger partial charge in [0.05, 0.1) is 17.1 Å². The van der Waals surface area contributed by atoms with Crippen molar-refractivity contribution in [3.8, 4) is 0 Å². The van der Waals surface area contributed by atoms with E-state index in [4.69, 9.17) is 9.47 Å². The second kappa shape index (κ2) is 8.80. The molecule has 0 spiro atoms. The first-order valence-corrected chi connectivity index (χ1v) is 9.23. The van der Waals surface area contributed by atoms with Gasteiger partial charge < -0.3 is 9.47 Å². The van der Waals surface area contributed by atoms with E-state index < -0.39 is 17.0 Å². The maximum Gasteiger partial charge on any atom is 0.338 e. The normalized spacial score (nSPS) is 21.6. The molecule has 0 amide bonds. The van der Waals surface area contributed by atoms with E-state index in [2.05, 4.69) is 13.0 Å². The summed E-state index contributed by atoms with van der Waals surface area (Å²) in [5.74, 6) is -0.235. The Labute approximate surface area is 163 Å². The van der Waals surface area contributed by atoms with E-state index in [1.54, 1.807) is 0 Å². The van der Waals surface area contributed by atoms with Gasteiger partial charge >= 0.3 is 5.97 Å². The van der Waals surface area contributed by atoms with Crippen LogP contribution in [0.15, 0.2) is 66.2 Å². The lowest BCUT2D eigenvalue weighted by molar-refractivity contribution is -0.384. The average molecular weight is 381 g/mol. The van der Waals surface area contributed by atoms with Crippen LogP contribution in [0.1, 0.15) is 36.2 Å². The van der Waals surface area contributed by atoms with Crippen LogP contribution in [0.25, 0.3) is 0 Å². The van der Waals surface area contributed by atoms with Crippen LogP contribution in [0, 0.1) is 16.0 Å². The fourth-order valence-electron chi connectivity index (χ4n) is 3.43. The highest BCUT2D eigenvalue weighted by molar-refractivity contribution is 5.89. The molecule has 0 bridgehead atoms. The zero-order valence-electron chi connectivity index (χ0n) is 15.9. The third-order valence-electron chi connectivity index (χ3n) is 4.78. The minimum absolute atomic E-state index is 0.0642. The van der Waals surface area contributed by atoms with Gasteiger partial charge in [-0.2, -0.15) is 0 Å². The standard InChI is InChI=1S/C22H23NO5/c1-15-12-16(2)21(27-14-17-6-4-3-5-7-17)20(13-15)28-22(24)18-8-10-19(11-9-18)23(25)26/h3-12,15,20-21H,13-14H2,1-2H3/t15-,20-,21-/m0/s1. The zero-order chi connectivity index (χ0) is 20.1. The lowest BCUT2D eigenvalue weighted by Gasteiger charge is -2.33. The number of carbonyl (C=O) groups is 1. The molecule has 6 nitrogen and oxygen atoms in total. The smallest absolute Gasteiger partial charge is 0.338 e. The largest absolute Gasteiger partial charge is 0.456 e. The van der Waals surface area contributed by atoms with Crippen LogP contribution in [-0.4, -0.2) is 23.1 Å². The molecule has 28 heavy (non-hydrogen) atoms. The van der Waals surface area contributed by atoms with Gasteiger partial charge in [-0.05, 0) is 42.5 Å². The van der Waals surface area contributed by atoms with Crippen LogP contribution in [-0.2, 0) is 16.1 Å². The summed E-state index contributed by atoms with van der Waals surface area (Å²) in [7, 11) is 0. The topological polar surface area (TPSA) is 78.7 Å². The monoisotopic (exact) mass is 381 g/mol. The number of nitro benzene ring substituents is 1. The van der Waals surface area contributed by atoms with Crippen LogP contribution in [0.4, 0.5) is 5.69 Å². The van der Waals surface area contributed by atoms with E-state index in [1.807, 2.05) is 37.3 Å². The number of hydrogen-bond acceptors (Lipinski definition) is 5. The van der Waals surface area contributed by atoms with Gasteiger partial charge in [-0.3, -0.25) is 10.1 Å². The Balaban J connectivity index is 1.70. The Kier molecular flexibility index (Phi) is 6.21. The Bertz CT molecular complexity index is 860. The summed E-state index contributed by atoms with van der Waals surface area (Å²) in [6, 6.07) is 15.3. The third-order valence-corrected chi connectivity index (χ3v) is 4.78. The molecular formula is C22H23NO5. The van der Waals surface area contributed by atoms with E-state index in [0.717, 1.165) is 11.1 Å². The molecule has 1 aliphatic rings. The molecule has 3 atom stereocenters. The first kappa shape index (κ1) is 19.8. The van der Waals surface area contributed by atoms with Gasteiger partial charge in [0, 0.05) is 12.1 Å². The molecule has 0 fully saturated rings. The summed E-state index contributed by atoms with van der Waals surface area (Å²) in [5, 5.41) is 10.8. The van der Waals surface area contributed by atoms with Crippen LogP contribution in [0.2, 0.25) is 0 Å². The number of rotatable bonds is 6. The van der Waals surface area contributed by atoms with Crippen LogP contribution in [0.3, 0.4) is 0 Å². The number of esters is 1. The molecule has 0 heterocycles. The summed E-state index contributed by atoms with van der Waals surface area (Å²) in [4.78, 5) is 22.8. The van der Waals surface area contributed by atoms with Crippen LogP contribution < -0.4 is 0 Å². The second-order valence-corrected chi connectivity index (χ2v) is 7.09. The molecule has 0 radical (unpaired) electrons. The van der Waals surface area contributed by atoms with Gasteiger partial charge in [0.1, 0.15) is 12.2 Å². The lowest BCUT2D eigenvalue weighted by Crippen LogP contribution is -2.38. The molecule has 2 aromatic rings. The molecular weight excluding hydrogens is 358 g/mol. The highest BCUT2D eigenvalue weighted by Crippen LogP contribution is 2.29. The number of allylic oxidation sites excluding steroid dienone is 1. The number of carbonyl (C=O) groups excluding carboxylic acids is 1. The molecule has 146 valence electrons. The Hall–Kier alpha value is -2.99. The minimum atomic E-state index is -0.505. The summed E-state index contributed by atoms with van der Waals surface area (Å²) >= 11 is 0. The average Bonchev–Trinajstić information content (AvgIpc) is 2.68. The number of ether oxygens (including phenoxy) is 2. The molecule has 0 aromatic heterocycles. The quantitative estimate of drug-likeness (QED) is 0.314. The zero-order valence-corrected chi connectivity index (χ0v) is 15.9. The van der Waals surface area contributed by atoms with Crippen LogP contribution in [0.5, 0.6) is 0 Å². The molecule has 0 N–H and O–H groups in total. The number of nitrogens with zero attached hydrogens (tertiary/aromatic N) is 1. The van der Waals surface area contributed by atoms with Crippen molar-refractivity contribution in [1.82, 2.24) is 0 Å². The van der Waals surface area contributed by atoms with Gasteiger partial charge in [0.2, 0.25) is 0 Å². The van der Waals surface area contributed by atoms with Gasteiger partial charge in [-0.25, -0.2) is 4.79 Å². The van der Waals surface area contributed by atoms with Gasteiger partial charge in [0.25, 0.3) is 5.69 Å². The Morgan fingerprint density at radius 3 is 2.46 bits per heavy atom. The van der Waals surface area contributed by atoms with Crippen molar-refractivity contribution >= 4 is 11.7 Å². The Morgan fingerprint density at radius 2 is 1.82 bits per heavy atom. The van der Waals surface area contributed by atoms with E-state index >= 15 is 0 Å². The molecule has 6 heteroatoms. The highest BCUT2D eigenvalue weighted by atomic mass is 16.6. The van der Waals surface area contributed by atoms with E-state index in [1.165, 1.54) is 24.3 Å². The van der Waals surface area contributed by atoms with E-state index in [9.17, 15) is 14.9 Å². The summed E-state index contributed by atoms with van der Waals surface area (Å²) in [5.41, 5.74) is 2.31. The molecule has 0 saturated carbocycles. The van der Waals surface area contributed by atoms with Gasteiger partial charge in [-0.15, -0.1) is 0 Å². The molecule has 0 saturated heterocycles. The lowest BCUT2D eigenvalue weighted by atomic mass is 9.87. The minimum Gasteiger partial charge on any atom is -0.456 e. The fraction of sp³-hybridized carbons (Fsp3) is 0.318. The Morgan fingerprint density at radius 1 is 1.14 bits per heavy atom. The van der Waals surface area contributed by atoms with Gasteiger partial charge in [0.15, 0.2) is 0 Å². The van der Waals surface area contributed by atoms with Crippen molar-refractivity contribution in [2.45, 2.75) is 39.1 Å². The maximum absolute atomic E-state index is 12.6. The third kappa shape index (κ3) is 4.84. The molecule has 0 unspecified atom stereocenters.